The van der Waals surface area contributed by atoms with E-state index in [2.05, 4.69) is 22.2 Å². The van der Waals surface area contributed by atoms with Gasteiger partial charge < -0.3 is 14.2 Å². The number of likely N-dealkylation sites (N-methyl/N-ethyl adjacent to an activating group) is 1. The first-order chi connectivity index (χ1) is 11.6. The minimum Gasteiger partial charge on any atom is -0.366 e. The molecule has 0 radical (unpaired) electrons. The first kappa shape index (κ1) is 16.7. The highest BCUT2D eigenvalue weighted by atomic mass is 16.5. The Morgan fingerprint density at radius 1 is 1.38 bits per heavy atom. The summed E-state index contributed by atoms with van der Waals surface area (Å²) in [5, 5.41) is 3.93. The lowest BCUT2D eigenvalue weighted by Crippen LogP contribution is -2.49. The molecule has 1 amide bonds. The van der Waals surface area contributed by atoms with Gasteiger partial charge >= 0.3 is 0 Å². The molecule has 0 bridgehead atoms. The number of aryl methyl sites for hydroxylation is 1. The van der Waals surface area contributed by atoms with Gasteiger partial charge in [-0.25, -0.2) is 0 Å². The molecule has 128 valence electrons. The van der Waals surface area contributed by atoms with E-state index >= 15 is 0 Å². The molecule has 0 unspecified atom stereocenters. The monoisotopic (exact) mass is 329 g/mol. The molecule has 0 aliphatic carbocycles. The summed E-state index contributed by atoms with van der Waals surface area (Å²) in [6.45, 7) is 5.11. The largest absolute Gasteiger partial charge is 0.366 e. The summed E-state index contributed by atoms with van der Waals surface area (Å²) in [4.78, 5) is 16.5. The van der Waals surface area contributed by atoms with Crippen molar-refractivity contribution in [2.45, 2.75) is 26.1 Å². The fraction of sp³-hybridized carbons (Fsp3) is 0.444. The lowest BCUT2D eigenvalue weighted by molar-refractivity contribution is -0.149. The third kappa shape index (κ3) is 4.21. The first-order valence-corrected chi connectivity index (χ1v) is 8.17. The van der Waals surface area contributed by atoms with Gasteiger partial charge in [0.1, 0.15) is 17.6 Å². The Morgan fingerprint density at radius 3 is 2.88 bits per heavy atom. The van der Waals surface area contributed by atoms with E-state index in [-0.39, 0.29) is 5.91 Å². The summed E-state index contributed by atoms with van der Waals surface area (Å²) in [5.41, 5.74) is 2.00. The van der Waals surface area contributed by atoms with Crippen LogP contribution >= 0.6 is 0 Å². The molecule has 1 aliphatic rings. The van der Waals surface area contributed by atoms with Gasteiger partial charge in [-0.3, -0.25) is 9.69 Å². The lowest BCUT2D eigenvalue weighted by atomic mass is 10.2. The summed E-state index contributed by atoms with van der Waals surface area (Å²) in [6.07, 6.45) is -0.430. The van der Waals surface area contributed by atoms with E-state index in [4.69, 9.17) is 9.26 Å². The second-order valence-electron chi connectivity index (χ2n) is 6.20. The molecule has 0 spiro atoms. The second kappa shape index (κ2) is 7.59. The number of hydrogen-bond acceptors (Lipinski definition) is 5. The van der Waals surface area contributed by atoms with Crippen molar-refractivity contribution in [2.24, 2.45) is 0 Å². The first-order valence-electron chi connectivity index (χ1n) is 8.17. The number of rotatable bonds is 5. The number of morpholine rings is 1. The summed E-state index contributed by atoms with van der Waals surface area (Å²) >= 11 is 0. The Hall–Kier alpha value is -2.18. The molecule has 1 aromatic carbocycles. The molecule has 6 nitrogen and oxygen atoms in total. The van der Waals surface area contributed by atoms with Gasteiger partial charge in [0.05, 0.1) is 13.2 Å². The number of carbonyl (C=O) groups is 1. The summed E-state index contributed by atoms with van der Waals surface area (Å²) in [6, 6.07) is 12.1. The smallest absolute Gasteiger partial charge is 0.253 e. The van der Waals surface area contributed by atoms with Crippen LogP contribution in [0.3, 0.4) is 0 Å². The Bertz CT molecular complexity index is 671. The Balaban J connectivity index is 1.56. The number of aromatic nitrogens is 1. The van der Waals surface area contributed by atoms with Gasteiger partial charge in [-0.2, -0.15) is 0 Å². The van der Waals surface area contributed by atoms with Crippen LogP contribution in [-0.4, -0.2) is 53.7 Å². The third-order valence-electron chi connectivity index (χ3n) is 4.13. The maximum Gasteiger partial charge on any atom is 0.253 e. The number of ether oxygens (including phenoxy) is 1. The zero-order chi connectivity index (χ0) is 16.9. The molecule has 2 aromatic rings. The molecule has 2 heterocycles. The number of nitrogens with zero attached hydrogens (tertiary/aromatic N) is 3. The van der Waals surface area contributed by atoms with Crippen LogP contribution in [0.15, 0.2) is 40.9 Å². The highest BCUT2D eigenvalue weighted by Gasteiger charge is 2.29. The van der Waals surface area contributed by atoms with E-state index in [0.29, 0.717) is 19.7 Å². The summed E-state index contributed by atoms with van der Waals surface area (Å²) in [5.74, 6) is 0.724. The molecule has 1 saturated heterocycles. The Labute approximate surface area is 142 Å². The van der Waals surface area contributed by atoms with E-state index < -0.39 is 6.10 Å². The van der Waals surface area contributed by atoms with Gasteiger partial charge in [-0.15, -0.1) is 0 Å². The second-order valence-corrected chi connectivity index (χ2v) is 6.20. The van der Waals surface area contributed by atoms with Crippen LogP contribution in [-0.2, 0) is 22.6 Å². The van der Waals surface area contributed by atoms with Crippen molar-refractivity contribution in [3.05, 3.63) is 53.4 Å². The molecule has 1 aliphatic heterocycles. The Morgan fingerprint density at radius 2 is 2.17 bits per heavy atom. The van der Waals surface area contributed by atoms with E-state index in [9.17, 15) is 4.79 Å². The number of hydrogen-bond donors (Lipinski definition) is 0. The highest BCUT2D eigenvalue weighted by molar-refractivity contribution is 5.81. The third-order valence-corrected chi connectivity index (χ3v) is 4.13. The van der Waals surface area contributed by atoms with Crippen molar-refractivity contribution in [2.75, 3.05) is 26.7 Å². The molecule has 1 fully saturated rings. The zero-order valence-corrected chi connectivity index (χ0v) is 14.1. The number of amides is 1. The van der Waals surface area contributed by atoms with E-state index in [1.165, 1.54) is 5.56 Å². The molecule has 0 saturated carbocycles. The SMILES string of the molecule is Cc1cc(CN(C)C(=O)[C@@H]2CN(Cc3ccccc3)CCO2)no1. The average Bonchev–Trinajstić information content (AvgIpc) is 3.00. The highest BCUT2D eigenvalue weighted by Crippen LogP contribution is 2.13. The van der Waals surface area contributed by atoms with Gasteiger partial charge in [0.25, 0.3) is 5.91 Å². The molecule has 3 rings (SSSR count). The van der Waals surface area contributed by atoms with Crippen molar-refractivity contribution >= 4 is 5.91 Å². The predicted octanol–water partition coefficient (Wildman–Crippen LogP) is 1.84. The van der Waals surface area contributed by atoms with Crippen LogP contribution in [0.1, 0.15) is 17.0 Å². The topological polar surface area (TPSA) is 58.8 Å². The average molecular weight is 329 g/mol. The van der Waals surface area contributed by atoms with Crippen LogP contribution in [0.5, 0.6) is 0 Å². The Kier molecular flexibility index (Phi) is 5.27. The fourth-order valence-corrected chi connectivity index (χ4v) is 2.90. The molecular formula is C18H23N3O3. The maximum absolute atomic E-state index is 12.6. The molecule has 6 heteroatoms. The van der Waals surface area contributed by atoms with Crippen molar-refractivity contribution in [3.63, 3.8) is 0 Å². The predicted molar refractivity (Wildman–Crippen MR) is 89.2 cm³/mol. The number of carbonyl (C=O) groups excluding carboxylic acids is 1. The van der Waals surface area contributed by atoms with Crippen molar-refractivity contribution < 1.29 is 14.1 Å². The van der Waals surface area contributed by atoms with Gasteiger partial charge in [0.15, 0.2) is 0 Å². The summed E-state index contributed by atoms with van der Waals surface area (Å²) in [7, 11) is 1.77. The molecule has 1 atom stereocenters. The summed E-state index contributed by atoms with van der Waals surface area (Å²) < 4.78 is 10.7. The van der Waals surface area contributed by atoms with Crippen LogP contribution < -0.4 is 0 Å². The van der Waals surface area contributed by atoms with Crippen LogP contribution in [0.25, 0.3) is 0 Å². The van der Waals surface area contributed by atoms with Crippen molar-refractivity contribution in [1.29, 1.82) is 0 Å². The van der Waals surface area contributed by atoms with Gasteiger partial charge in [0, 0.05) is 32.7 Å². The minimum atomic E-state index is -0.430. The molecule has 24 heavy (non-hydrogen) atoms. The maximum atomic E-state index is 12.6. The van der Waals surface area contributed by atoms with Crippen molar-refractivity contribution in [1.82, 2.24) is 15.0 Å². The van der Waals surface area contributed by atoms with Gasteiger partial charge in [0.2, 0.25) is 0 Å². The van der Waals surface area contributed by atoms with Crippen LogP contribution in [0.4, 0.5) is 0 Å². The van der Waals surface area contributed by atoms with Crippen LogP contribution in [0, 0.1) is 6.92 Å². The van der Waals surface area contributed by atoms with E-state index in [0.717, 1.165) is 24.5 Å². The van der Waals surface area contributed by atoms with Crippen molar-refractivity contribution in [3.8, 4) is 0 Å². The lowest BCUT2D eigenvalue weighted by Gasteiger charge is -2.33. The normalized spacial score (nSPS) is 18.5. The van der Waals surface area contributed by atoms with Gasteiger partial charge in [-0.1, -0.05) is 35.5 Å². The fourth-order valence-electron chi connectivity index (χ4n) is 2.90. The molecule has 0 N–H and O–H groups in total. The molecular weight excluding hydrogens is 306 g/mol. The standard InChI is InChI=1S/C18H23N3O3/c1-14-10-16(19-24-14)12-20(2)18(22)17-13-21(8-9-23-17)11-15-6-4-3-5-7-15/h3-7,10,17H,8-9,11-13H2,1-2H3/t17-/m0/s1. The number of benzene rings is 1. The van der Waals surface area contributed by atoms with Crippen LogP contribution in [0.2, 0.25) is 0 Å². The zero-order valence-electron chi connectivity index (χ0n) is 14.1. The minimum absolute atomic E-state index is 0.0200. The van der Waals surface area contributed by atoms with E-state index in [1.54, 1.807) is 11.9 Å². The quantitative estimate of drug-likeness (QED) is 0.838. The van der Waals surface area contributed by atoms with Gasteiger partial charge in [-0.05, 0) is 12.5 Å². The molecule has 1 aromatic heterocycles. The van der Waals surface area contributed by atoms with E-state index in [1.807, 2.05) is 31.2 Å².